The fourth-order valence-corrected chi connectivity index (χ4v) is 4.12. The molecule has 0 spiro atoms. The molecule has 1 fully saturated rings. The minimum Gasteiger partial charge on any atom is -0.478 e. The third kappa shape index (κ3) is 4.26. The van der Waals surface area contributed by atoms with E-state index in [0.717, 1.165) is 24.1 Å². The van der Waals surface area contributed by atoms with E-state index >= 15 is 0 Å². The molecular weight excluding hydrogens is 390 g/mol. The second-order valence-electron chi connectivity index (χ2n) is 7.89. The van der Waals surface area contributed by atoms with Crippen molar-refractivity contribution in [2.75, 3.05) is 49.6 Å². The van der Waals surface area contributed by atoms with Gasteiger partial charge >= 0.3 is 6.03 Å². The maximum absolute atomic E-state index is 13.4. The summed E-state index contributed by atoms with van der Waals surface area (Å²) in [7, 11) is 1.56. The number of piperazine rings is 1. The van der Waals surface area contributed by atoms with Gasteiger partial charge in [0.15, 0.2) is 0 Å². The SMILES string of the molecule is CCN(C(=O)N1CCN(c2cc(C)cc(C)c2)CC1)c1nc2ccccc2nc1OC. The first-order valence-corrected chi connectivity index (χ1v) is 10.7. The normalized spacial score (nSPS) is 14.1. The highest BCUT2D eigenvalue weighted by molar-refractivity contribution is 5.93. The highest BCUT2D eigenvalue weighted by atomic mass is 16.5. The molecule has 1 aliphatic rings. The lowest BCUT2D eigenvalue weighted by molar-refractivity contribution is 0.201. The Morgan fingerprint density at radius 1 is 1.00 bits per heavy atom. The van der Waals surface area contributed by atoms with Crippen LogP contribution in [-0.2, 0) is 0 Å². The molecule has 0 atom stereocenters. The molecule has 1 saturated heterocycles. The molecule has 4 rings (SSSR count). The van der Waals surface area contributed by atoms with Crippen molar-refractivity contribution in [3.05, 3.63) is 53.6 Å². The van der Waals surface area contributed by atoms with Crippen molar-refractivity contribution in [3.63, 3.8) is 0 Å². The Hall–Kier alpha value is -3.35. The average molecular weight is 420 g/mol. The van der Waals surface area contributed by atoms with Crippen molar-refractivity contribution in [2.24, 2.45) is 0 Å². The van der Waals surface area contributed by atoms with Gasteiger partial charge in [-0.3, -0.25) is 4.90 Å². The summed E-state index contributed by atoms with van der Waals surface area (Å²) < 4.78 is 5.48. The molecule has 2 heterocycles. The van der Waals surface area contributed by atoms with E-state index < -0.39 is 0 Å². The van der Waals surface area contributed by atoms with Crippen molar-refractivity contribution in [3.8, 4) is 5.88 Å². The Labute approximate surface area is 183 Å². The van der Waals surface area contributed by atoms with Gasteiger partial charge in [-0.25, -0.2) is 14.8 Å². The number of urea groups is 1. The van der Waals surface area contributed by atoms with Gasteiger partial charge in [0, 0.05) is 38.4 Å². The second kappa shape index (κ2) is 8.79. The Balaban J connectivity index is 1.53. The first-order chi connectivity index (χ1) is 15.0. The van der Waals surface area contributed by atoms with Crippen LogP contribution in [0.4, 0.5) is 16.3 Å². The second-order valence-corrected chi connectivity index (χ2v) is 7.89. The molecule has 0 aliphatic carbocycles. The Kier molecular flexibility index (Phi) is 5.93. The zero-order valence-electron chi connectivity index (χ0n) is 18.6. The Morgan fingerprint density at radius 3 is 2.19 bits per heavy atom. The minimum atomic E-state index is -0.0644. The van der Waals surface area contributed by atoms with E-state index in [1.165, 1.54) is 16.8 Å². The highest BCUT2D eigenvalue weighted by Crippen LogP contribution is 2.28. The van der Waals surface area contributed by atoms with E-state index in [-0.39, 0.29) is 6.03 Å². The number of amides is 2. The molecule has 0 saturated carbocycles. The van der Waals surface area contributed by atoms with Crippen molar-refractivity contribution in [1.82, 2.24) is 14.9 Å². The number of benzene rings is 2. The number of aromatic nitrogens is 2. The van der Waals surface area contributed by atoms with Crippen molar-refractivity contribution < 1.29 is 9.53 Å². The highest BCUT2D eigenvalue weighted by Gasteiger charge is 2.28. The van der Waals surface area contributed by atoms with Gasteiger partial charge < -0.3 is 14.5 Å². The average Bonchev–Trinajstić information content (AvgIpc) is 2.78. The van der Waals surface area contributed by atoms with Crippen LogP contribution in [0.1, 0.15) is 18.1 Å². The first-order valence-electron chi connectivity index (χ1n) is 10.7. The van der Waals surface area contributed by atoms with Gasteiger partial charge in [-0.15, -0.1) is 0 Å². The molecule has 2 amide bonds. The summed E-state index contributed by atoms with van der Waals surface area (Å²) in [4.78, 5) is 28.5. The van der Waals surface area contributed by atoms with Gasteiger partial charge in [0.1, 0.15) is 0 Å². The lowest BCUT2D eigenvalue weighted by atomic mass is 10.1. The van der Waals surface area contributed by atoms with E-state index in [0.29, 0.717) is 31.3 Å². The molecule has 0 N–H and O–H groups in total. The lowest BCUT2D eigenvalue weighted by Gasteiger charge is -2.38. The van der Waals surface area contributed by atoms with Crippen LogP contribution in [0.15, 0.2) is 42.5 Å². The number of methoxy groups -OCH3 is 1. The number of hydrogen-bond acceptors (Lipinski definition) is 5. The summed E-state index contributed by atoms with van der Waals surface area (Å²) >= 11 is 0. The zero-order valence-corrected chi connectivity index (χ0v) is 18.6. The fourth-order valence-electron chi connectivity index (χ4n) is 4.12. The van der Waals surface area contributed by atoms with Crippen LogP contribution in [0.5, 0.6) is 5.88 Å². The largest absolute Gasteiger partial charge is 0.478 e. The van der Waals surface area contributed by atoms with Gasteiger partial charge in [0.25, 0.3) is 5.88 Å². The topological polar surface area (TPSA) is 61.8 Å². The monoisotopic (exact) mass is 419 g/mol. The van der Waals surface area contributed by atoms with Crippen LogP contribution in [0.25, 0.3) is 11.0 Å². The van der Waals surface area contributed by atoms with Crippen LogP contribution in [0.2, 0.25) is 0 Å². The molecule has 1 aliphatic heterocycles. The molecule has 0 radical (unpaired) electrons. The summed E-state index contributed by atoms with van der Waals surface area (Å²) in [5.74, 6) is 0.827. The molecule has 0 unspecified atom stereocenters. The molecule has 0 bridgehead atoms. The molecule has 2 aromatic carbocycles. The smallest absolute Gasteiger partial charge is 0.325 e. The van der Waals surface area contributed by atoms with E-state index in [1.807, 2.05) is 36.1 Å². The number of carbonyl (C=O) groups is 1. The predicted octanol–water partition coefficient (Wildman–Crippen LogP) is 4.02. The third-order valence-electron chi connectivity index (χ3n) is 5.64. The predicted molar refractivity (Wildman–Crippen MR) is 124 cm³/mol. The Morgan fingerprint density at radius 2 is 1.61 bits per heavy atom. The molecule has 7 nitrogen and oxygen atoms in total. The molecular formula is C24H29N5O2. The maximum atomic E-state index is 13.4. The quantitative estimate of drug-likeness (QED) is 0.639. The van der Waals surface area contributed by atoms with Crippen molar-refractivity contribution in [2.45, 2.75) is 20.8 Å². The number of para-hydroxylation sites is 2. The summed E-state index contributed by atoms with van der Waals surface area (Å²) in [6.07, 6.45) is 0. The third-order valence-corrected chi connectivity index (χ3v) is 5.64. The van der Waals surface area contributed by atoms with Gasteiger partial charge in [0.05, 0.1) is 18.1 Å². The number of ether oxygens (including phenoxy) is 1. The number of hydrogen-bond donors (Lipinski definition) is 0. The number of anilines is 2. The molecule has 1 aromatic heterocycles. The minimum absolute atomic E-state index is 0.0644. The Bertz CT molecular complexity index is 1070. The standard InChI is InChI=1S/C24H29N5O2/c1-5-29(22-23(31-4)26-21-9-7-6-8-20(21)25-22)24(30)28-12-10-27(11-13-28)19-15-17(2)14-18(3)16-19/h6-9,14-16H,5,10-13H2,1-4H3. The van der Waals surface area contributed by atoms with Gasteiger partial charge in [-0.2, -0.15) is 0 Å². The van der Waals surface area contributed by atoms with Crippen molar-refractivity contribution in [1.29, 1.82) is 0 Å². The number of nitrogens with zero attached hydrogens (tertiary/aromatic N) is 5. The fraction of sp³-hybridized carbons (Fsp3) is 0.375. The van der Waals surface area contributed by atoms with E-state index in [9.17, 15) is 4.79 Å². The first kappa shape index (κ1) is 20.9. The summed E-state index contributed by atoms with van der Waals surface area (Å²) in [5, 5.41) is 0. The van der Waals surface area contributed by atoms with Crippen LogP contribution >= 0.6 is 0 Å². The molecule has 31 heavy (non-hydrogen) atoms. The van der Waals surface area contributed by atoms with Gasteiger partial charge in [-0.1, -0.05) is 18.2 Å². The maximum Gasteiger partial charge on any atom is 0.325 e. The zero-order chi connectivity index (χ0) is 22.0. The number of rotatable bonds is 4. The number of carbonyl (C=O) groups excluding carboxylic acids is 1. The summed E-state index contributed by atoms with van der Waals surface area (Å²) in [5.41, 5.74) is 5.22. The van der Waals surface area contributed by atoms with Crippen LogP contribution in [0.3, 0.4) is 0 Å². The van der Waals surface area contributed by atoms with Crippen molar-refractivity contribution >= 4 is 28.6 Å². The van der Waals surface area contributed by atoms with Gasteiger partial charge in [0.2, 0.25) is 5.82 Å². The van der Waals surface area contributed by atoms with E-state index in [2.05, 4.69) is 41.9 Å². The molecule has 162 valence electrons. The van der Waals surface area contributed by atoms with Crippen LogP contribution < -0.4 is 14.5 Å². The number of aryl methyl sites for hydroxylation is 2. The number of fused-ring (bicyclic) bond motifs is 1. The van der Waals surface area contributed by atoms with E-state index in [1.54, 1.807) is 12.0 Å². The molecule has 3 aromatic rings. The van der Waals surface area contributed by atoms with E-state index in [4.69, 9.17) is 9.72 Å². The van der Waals surface area contributed by atoms with Crippen LogP contribution in [-0.4, -0.2) is 60.7 Å². The summed E-state index contributed by atoms with van der Waals surface area (Å²) in [6, 6.07) is 14.1. The summed E-state index contributed by atoms with van der Waals surface area (Å²) in [6.45, 7) is 9.58. The lowest BCUT2D eigenvalue weighted by Crippen LogP contribution is -2.53. The van der Waals surface area contributed by atoms with Gasteiger partial charge in [-0.05, 0) is 56.2 Å². The molecule has 7 heteroatoms. The van der Waals surface area contributed by atoms with Crippen LogP contribution in [0, 0.1) is 13.8 Å².